The van der Waals surface area contributed by atoms with Crippen molar-refractivity contribution < 1.29 is 4.79 Å². The monoisotopic (exact) mass is 250 g/mol. The molecule has 0 N–H and O–H groups in total. The summed E-state index contributed by atoms with van der Waals surface area (Å²) in [4.78, 5) is 11.8. The molecule has 1 heterocycles. The van der Waals surface area contributed by atoms with E-state index in [4.69, 9.17) is 0 Å². The number of carbonyl (C=O) groups is 1. The molecule has 1 saturated heterocycles. The van der Waals surface area contributed by atoms with Gasteiger partial charge in [0.25, 0.3) is 0 Å². The van der Waals surface area contributed by atoms with Crippen molar-refractivity contribution in [2.24, 2.45) is 0 Å². The van der Waals surface area contributed by atoms with Gasteiger partial charge in [0.2, 0.25) is 0 Å². The maximum Gasteiger partial charge on any atom is 0.150 e. The Bertz CT molecular complexity index is 383. The molecule has 3 heteroatoms. The Balaban J connectivity index is 2.20. The van der Waals surface area contributed by atoms with Crippen molar-refractivity contribution in [3.8, 4) is 0 Å². The van der Waals surface area contributed by atoms with E-state index in [9.17, 15) is 4.79 Å². The highest BCUT2D eigenvalue weighted by Gasteiger charge is 2.18. The largest absolute Gasteiger partial charge is 0.298 e. The van der Waals surface area contributed by atoms with Crippen molar-refractivity contribution in [3.63, 3.8) is 0 Å². The highest BCUT2D eigenvalue weighted by molar-refractivity contribution is 8.06. The standard InChI is InChI=1S/C13H14OS2/c1-10-13(16-8-2-7-15-10)12-5-3-11(9-14)4-6-12/h3-6,9,13H,1-2,7-8H2. The van der Waals surface area contributed by atoms with Crippen LogP contribution in [-0.2, 0) is 0 Å². The van der Waals surface area contributed by atoms with Gasteiger partial charge in [-0.1, -0.05) is 30.8 Å². The van der Waals surface area contributed by atoms with Crippen molar-refractivity contribution in [3.05, 3.63) is 46.9 Å². The number of carbonyl (C=O) groups excluding carboxylic acids is 1. The first-order valence-electron chi connectivity index (χ1n) is 5.29. The molecule has 0 radical (unpaired) electrons. The smallest absolute Gasteiger partial charge is 0.150 e. The SMILES string of the molecule is C=C1SCCCSC1c1ccc(C=O)cc1. The first-order chi connectivity index (χ1) is 7.81. The molecule has 1 fully saturated rings. The normalized spacial score (nSPS) is 21.5. The molecular weight excluding hydrogens is 236 g/mol. The number of benzene rings is 1. The molecule has 1 aromatic rings. The summed E-state index contributed by atoms with van der Waals surface area (Å²) in [7, 11) is 0. The Morgan fingerprint density at radius 2 is 2.00 bits per heavy atom. The van der Waals surface area contributed by atoms with Gasteiger partial charge in [-0.3, -0.25) is 4.79 Å². The van der Waals surface area contributed by atoms with Crippen LogP contribution in [0.2, 0.25) is 0 Å². The third-order valence-corrected chi connectivity index (χ3v) is 5.19. The van der Waals surface area contributed by atoms with Gasteiger partial charge >= 0.3 is 0 Å². The fourth-order valence-electron chi connectivity index (χ4n) is 1.66. The van der Waals surface area contributed by atoms with Crippen LogP contribution in [0.5, 0.6) is 0 Å². The second kappa shape index (κ2) is 5.60. The summed E-state index contributed by atoms with van der Waals surface area (Å²) in [6, 6.07) is 7.84. The Kier molecular flexibility index (Phi) is 4.13. The second-order valence-electron chi connectivity index (χ2n) is 3.70. The lowest BCUT2D eigenvalue weighted by Gasteiger charge is -2.16. The Hall–Kier alpha value is -0.670. The van der Waals surface area contributed by atoms with Crippen LogP contribution in [0.4, 0.5) is 0 Å². The highest BCUT2D eigenvalue weighted by Crippen LogP contribution is 2.43. The topological polar surface area (TPSA) is 17.1 Å². The minimum absolute atomic E-state index is 0.383. The van der Waals surface area contributed by atoms with Crippen molar-refractivity contribution >= 4 is 29.8 Å². The molecule has 1 aromatic carbocycles. The van der Waals surface area contributed by atoms with Gasteiger partial charge in [0, 0.05) is 5.56 Å². The lowest BCUT2D eigenvalue weighted by atomic mass is 10.1. The van der Waals surface area contributed by atoms with E-state index in [1.807, 2.05) is 47.8 Å². The average molecular weight is 250 g/mol. The zero-order valence-electron chi connectivity index (χ0n) is 9.02. The maximum atomic E-state index is 10.6. The van der Waals surface area contributed by atoms with Crippen LogP contribution in [0.3, 0.4) is 0 Å². The van der Waals surface area contributed by atoms with E-state index in [0.717, 1.165) is 11.8 Å². The van der Waals surface area contributed by atoms with E-state index < -0.39 is 0 Å². The predicted octanol–water partition coefficient (Wildman–Crippen LogP) is 3.92. The van der Waals surface area contributed by atoms with Gasteiger partial charge in [-0.2, -0.15) is 0 Å². The number of rotatable bonds is 2. The number of hydrogen-bond donors (Lipinski definition) is 0. The van der Waals surface area contributed by atoms with Crippen molar-refractivity contribution in [1.29, 1.82) is 0 Å². The number of thioether (sulfide) groups is 2. The molecule has 84 valence electrons. The summed E-state index contributed by atoms with van der Waals surface area (Å²) in [5, 5.41) is 0.383. The Labute approximate surface area is 105 Å². The maximum absolute atomic E-state index is 10.6. The molecule has 1 aliphatic rings. The molecule has 1 nitrogen and oxygen atoms in total. The van der Waals surface area contributed by atoms with Gasteiger partial charge in [-0.15, -0.1) is 23.5 Å². The molecule has 2 rings (SSSR count). The minimum atomic E-state index is 0.383. The molecule has 1 unspecified atom stereocenters. The molecule has 0 amide bonds. The fourth-order valence-corrected chi connectivity index (χ4v) is 4.17. The zero-order valence-corrected chi connectivity index (χ0v) is 10.7. The van der Waals surface area contributed by atoms with E-state index in [-0.39, 0.29) is 0 Å². The van der Waals surface area contributed by atoms with Crippen LogP contribution in [0.25, 0.3) is 0 Å². The number of hydrogen-bond acceptors (Lipinski definition) is 3. The molecule has 16 heavy (non-hydrogen) atoms. The molecule has 1 atom stereocenters. The van der Waals surface area contributed by atoms with Crippen molar-refractivity contribution in [1.82, 2.24) is 0 Å². The minimum Gasteiger partial charge on any atom is -0.298 e. The molecule has 0 spiro atoms. The molecular formula is C13H14OS2. The quantitative estimate of drug-likeness (QED) is 0.740. The van der Waals surface area contributed by atoms with Crippen molar-refractivity contribution in [2.75, 3.05) is 11.5 Å². The highest BCUT2D eigenvalue weighted by atomic mass is 32.2. The second-order valence-corrected chi connectivity index (χ2v) is 6.14. The predicted molar refractivity (Wildman–Crippen MR) is 73.2 cm³/mol. The molecule has 0 aromatic heterocycles. The van der Waals surface area contributed by atoms with Crippen LogP contribution in [-0.4, -0.2) is 17.8 Å². The summed E-state index contributed by atoms with van der Waals surface area (Å²) < 4.78 is 0. The summed E-state index contributed by atoms with van der Waals surface area (Å²) in [5.41, 5.74) is 2.00. The summed E-state index contributed by atoms with van der Waals surface area (Å²) >= 11 is 3.82. The van der Waals surface area contributed by atoms with Gasteiger partial charge in [0.05, 0.1) is 5.25 Å². The lowest BCUT2D eigenvalue weighted by molar-refractivity contribution is 0.112. The van der Waals surface area contributed by atoms with Crippen LogP contribution in [0.1, 0.15) is 27.6 Å². The van der Waals surface area contributed by atoms with Crippen LogP contribution in [0, 0.1) is 0 Å². The zero-order chi connectivity index (χ0) is 11.4. The van der Waals surface area contributed by atoms with Gasteiger partial charge < -0.3 is 0 Å². The van der Waals surface area contributed by atoms with E-state index in [0.29, 0.717) is 5.25 Å². The molecule has 0 aliphatic carbocycles. The third kappa shape index (κ3) is 2.71. The van der Waals surface area contributed by atoms with Crippen LogP contribution < -0.4 is 0 Å². The molecule has 0 bridgehead atoms. The third-order valence-electron chi connectivity index (χ3n) is 2.53. The average Bonchev–Trinajstić information content (AvgIpc) is 2.54. The van der Waals surface area contributed by atoms with Gasteiger partial charge in [-0.25, -0.2) is 0 Å². The summed E-state index contributed by atoms with van der Waals surface area (Å²) in [6.45, 7) is 4.15. The van der Waals surface area contributed by atoms with Gasteiger partial charge in [0.1, 0.15) is 6.29 Å². The van der Waals surface area contributed by atoms with E-state index >= 15 is 0 Å². The van der Waals surface area contributed by atoms with Gasteiger partial charge in [0.15, 0.2) is 0 Å². The van der Waals surface area contributed by atoms with E-state index in [1.165, 1.54) is 28.4 Å². The van der Waals surface area contributed by atoms with Crippen molar-refractivity contribution in [2.45, 2.75) is 11.7 Å². The Morgan fingerprint density at radius 3 is 2.69 bits per heavy atom. The van der Waals surface area contributed by atoms with E-state index in [1.54, 1.807) is 0 Å². The molecule has 0 saturated carbocycles. The summed E-state index contributed by atoms with van der Waals surface area (Å²) in [5.74, 6) is 2.36. The molecule has 1 aliphatic heterocycles. The van der Waals surface area contributed by atoms with Gasteiger partial charge in [-0.05, 0) is 28.4 Å². The first kappa shape index (κ1) is 11.8. The van der Waals surface area contributed by atoms with Crippen LogP contribution in [0.15, 0.2) is 35.7 Å². The lowest BCUT2D eigenvalue weighted by Crippen LogP contribution is -1.95. The first-order valence-corrected chi connectivity index (χ1v) is 7.33. The Morgan fingerprint density at radius 1 is 1.25 bits per heavy atom. The van der Waals surface area contributed by atoms with Crippen LogP contribution >= 0.6 is 23.5 Å². The summed E-state index contributed by atoms with van der Waals surface area (Å²) in [6.07, 6.45) is 2.13. The van der Waals surface area contributed by atoms with E-state index in [2.05, 4.69) is 6.58 Å². The number of aldehydes is 1. The fraction of sp³-hybridized carbons (Fsp3) is 0.308.